The molecule has 0 radical (unpaired) electrons. The first-order valence-electron chi connectivity index (χ1n) is 14.2. The van der Waals surface area contributed by atoms with Crippen LogP contribution in [0.3, 0.4) is 0 Å². The zero-order chi connectivity index (χ0) is 29.6. The average Bonchev–Trinajstić information content (AvgIpc) is 3.34. The van der Waals surface area contributed by atoms with E-state index in [9.17, 15) is 0 Å². The van der Waals surface area contributed by atoms with E-state index in [1.807, 2.05) is 87.9 Å². The monoisotopic (exact) mass is 544 g/mol. The Morgan fingerprint density at radius 3 is 2.17 bits per heavy atom. The molecule has 0 saturated heterocycles. The second kappa shape index (κ2) is 15.9. The molecule has 0 aliphatic rings. The molecule has 5 rings (SSSR count). The quantitative estimate of drug-likeness (QED) is 0.121. The van der Waals surface area contributed by atoms with E-state index in [0.29, 0.717) is 5.88 Å². The molecular formula is C37H42N3O+. The van der Waals surface area contributed by atoms with Crippen LogP contribution in [0.25, 0.3) is 39.6 Å². The zero-order valence-corrected chi connectivity index (χ0v) is 25.3. The van der Waals surface area contributed by atoms with Gasteiger partial charge in [0.25, 0.3) is 0 Å². The lowest BCUT2D eigenvalue weighted by atomic mass is 10.0. The van der Waals surface area contributed by atoms with E-state index < -0.39 is 0 Å². The lowest BCUT2D eigenvalue weighted by Gasteiger charge is -2.05. The molecular weight excluding hydrogens is 502 g/mol. The van der Waals surface area contributed by atoms with Gasteiger partial charge in [-0.15, -0.1) is 0 Å². The van der Waals surface area contributed by atoms with Crippen LogP contribution in [0, 0.1) is 6.92 Å². The predicted octanol–water partition coefficient (Wildman–Crippen LogP) is 10.1. The van der Waals surface area contributed by atoms with Crippen molar-refractivity contribution in [3.8, 4) is 22.5 Å². The second-order valence-corrected chi connectivity index (χ2v) is 9.78. The van der Waals surface area contributed by atoms with Crippen molar-refractivity contribution in [2.45, 2.75) is 47.5 Å². The van der Waals surface area contributed by atoms with E-state index in [2.05, 4.69) is 84.4 Å². The van der Waals surface area contributed by atoms with Crippen molar-refractivity contribution in [1.82, 2.24) is 4.98 Å². The van der Waals surface area contributed by atoms with E-state index in [1.54, 1.807) is 0 Å². The number of aryl methyl sites for hydroxylation is 2. The smallest absolute Gasteiger partial charge is 0.227 e. The van der Waals surface area contributed by atoms with Crippen LogP contribution in [0.4, 0.5) is 5.88 Å². The fourth-order valence-electron chi connectivity index (χ4n) is 4.33. The van der Waals surface area contributed by atoms with Gasteiger partial charge in [-0.05, 0) is 57.4 Å². The van der Waals surface area contributed by atoms with Crippen molar-refractivity contribution in [3.63, 3.8) is 0 Å². The average molecular weight is 545 g/mol. The van der Waals surface area contributed by atoms with Gasteiger partial charge in [-0.3, -0.25) is 4.98 Å². The minimum atomic E-state index is 0.625. The minimum absolute atomic E-state index is 0.625. The lowest BCUT2D eigenvalue weighted by molar-refractivity contribution is -0.660. The summed E-state index contributed by atoms with van der Waals surface area (Å²) in [6.45, 7) is 14.2. The summed E-state index contributed by atoms with van der Waals surface area (Å²) in [7, 11) is 2.04. The molecule has 0 fully saturated rings. The van der Waals surface area contributed by atoms with Gasteiger partial charge in [0.05, 0.1) is 11.3 Å². The highest BCUT2D eigenvalue weighted by molar-refractivity contribution is 6.01. The van der Waals surface area contributed by atoms with E-state index >= 15 is 0 Å². The van der Waals surface area contributed by atoms with Gasteiger partial charge in [0, 0.05) is 40.6 Å². The molecule has 3 aromatic heterocycles. The third-order valence-electron chi connectivity index (χ3n) is 6.30. The van der Waals surface area contributed by atoms with Gasteiger partial charge in [-0.1, -0.05) is 87.2 Å². The summed E-state index contributed by atoms with van der Waals surface area (Å²) in [5.41, 5.74) is 8.34. The lowest BCUT2D eigenvalue weighted by Crippen LogP contribution is -2.30. The van der Waals surface area contributed by atoms with Crippen LogP contribution in [-0.2, 0) is 7.05 Å². The van der Waals surface area contributed by atoms with Gasteiger partial charge >= 0.3 is 0 Å². The Kier molecular flexibility index (Phi) is 12.0. The number of nitrogens with zero attached hydrogens (tertiary/aromatic N) is 3. The van der Waals surface area contributed by atoms with Crippen LogP contribution < -0.4 is 4.57 Å². The maximum Gasteiger partial charge on any atom is 0.227 e. The highest BCUT2D eigenvalue weighted by Crippen LogP contribution is 2.39. The molecule has 0 atom stereocenters. The van der Waals surface area contributed by atoms with Crippen LogP contribution in [0.5, 0.6) is 0 Å². The fourth-order valence-corrected chi connectivity index (χ4v) is 4.33. The maximum absolute atomic E-state index is 6.15. The molecule has 0 unspecified atom stereocenters. The van der Waals surface area contributed by atoms with Gasteiger partial charge < -0.3 is 4.42 Å². The van der Waals surface area contributed by atoms with Crippen molar-refractivity contribution in [2.24, 2.45) is 12.0 Å². The van der Waals surface area contributed by atoms with Crippen molar-refractivity contribution in [2.75, 3.05) is 0 Å². The third-order valence-corrected chi connectivity index (χ3v) is 6.30. The summed E-state index contributed by atoms with van der Waals surface area (Å²) in [5, 5.41) is 1.05. The molecule has 41 heavy (non-hydrogen) atoms. The normalized spacial score (nSPS) is 10.4. The number of aromatic nitrogens is 2. The molecule has 2 aromatic carbocycles. The molecule has 0 aliphatic carbocycles. The molecule has 210 valence electrons. The Hall–Kier alpha value is -4.57. The van der Waals surface area contributed by atoms with Gasteiger partial charge in [0.15, 0.2) is 11.8 Å². The Balaban J connectivity index is 0.000000213. The summed E-state index contributed by atoms with van der Waals surface area (Å²) >= 11 is 0. The fraction of sp³-hybridized carbons (Fsp3) is 0.216. The molecule has 4 nitrogen and oxygen atoms in total. The number of allylic oxidation sites excluding steroid dienone is 2. The van der Waals surface area contributed by atoms with E-state index in [-0.39, 0.29) is 0 Å². The van der Waals surface area contributed by atoms with Crippen LogP contribution in [0.2, 0.25) is 0 Å². The Morgan fingerprint density at radius 2 is 1.59 bits per heavy atom. The topological polar surface area (TPSA) is 42.3 Å². The summed E-state index contributed by atoms with van der Waals surface area (Å²) in [4.78, 5) is 8.78. The molecule has 0 aliphatic heterocycles. The largest absolute Gasteiger partial charge is 0.437 e. The first-order chi connectivity index (χ1) is 19.9. The number of furan rings is 1. The summed E-state index contributed by atoms with van der Waals surface area (Å²) in [6.07, 6.45) is 12.4. The van der Waals surface area contributed by atoms with E-state index in [4.69, 9.17) is 4.42 Å². The number of rotatable bonds is 6. The van der Waals surface area contributed by atoms with Gasteiger partial charge in [-0.2, -0.15) is 0 Å². The Labute approximate surface area is 245 Å². The molecule has 0 N–H and O–H groups in total. The van der Waals surface area contributed by atoms with Gasteiger partial charge in [0.1, 0.15) is 7.05 Å². The van der Waals surface area contributed by atoms with Crippen molar-refractivity contribution < 1.29 is 8.98 Å². The summed E-state index contributed by atoms with van der Waals surface area (Å²) in [5.74, 6) is 0.625. The first-order valence-corrected chi connectivity index (χ1v) is 14.2. The minimum Gasteiger partial charge on any atom is -0.437 e. The predicted molar refractivity (Wildman–Crippen MR) is 175 cm³/mol. The molecule has 0 bridgehead atoms. The highest BCUT2D eigenvalue weighted by atomic mass is 16.3. The van der Waals surface area contributed by atoms with Crippen molar-refractivity contribution in [1.29, 1.82) is 0 Å². The SMILES string of the molecule is C=Cc1c(N=C(C)C)oc2c(-c3cccc[n+]3C)c(C)ccc12.CCC=CCC.c1ccc(-c2ccccn2)cc1. The molecule has 4 heteroatoms. The number of aliphatic imine (C=N–C) groups is 1. The molecule has 0 amide bonds. The standard InChI is InChI=1S/C20H21N2O.C11H9N.C6H12/c1-6-15-16-11-10-14(4)18(17-9-7-8-12-22(17)5)19(16)23-20(15)21-13(2)3;1-2-6-10(7-3-1)11-8-4-5-9-12-11;1-3-5-6-4-2/h6-12H,1H2,2-5H3;1-9H;5-6H,3-4H2,1-2H3/q+1;;. The summed E-state index contributed by atoms with van der Waals surface area (Å²) in [6, 6.07) is 26.5. The van der Waals surface area contributed by atoms with Crippen LogP contribution in [-0.4, -0.2) is 10.7 Å². The highest BCUT2D eigenvalue weighted by Gasteiger charge is 2.21. The second-order valence-electron chi connectivity index (χ2n) is 9.78. The summed E-state index contributed by atoms with van der Waals surface area (Å²) < 4.78 is 8.25. The number of fused-ring (bicyclic) bond motifs is 1. The molecule has 3 heterocycles. The van der Waals surface area contributed by atoms with Crippen molar-refractivity contribution >= 4 is 28.6 Å². The number of benzene rings is 2. The molecule has 0 spiro atoms. The Bertz CT molecular complexity index is 1550. The van der Waals surface area contributed by atoms with Gasteiger partial charge in [-0.25, -0.2) is 9.56 Å². The van der Waals surface area contributed by atoms with E-state index in [0.717, 1.165) is 44.8 Å². The third kappa shape index (κ3) is 8.46. The Morgan fingerprint density at radius 1 is 0.902 bits per heavy atom. The number of pyridine rings is 2. The van der Waals surface area contributed by atoms with Crippen LogP contribution in [0.15, 0.2) is 119 Å². The van der Waals surface area contributed by atoms with E-state index in [1.165, 1.54) is 18.4 Å². The van der Waals surface area contributed by atoms with Gasteiger partial charge in [0.2, 0.25) is 11.6 Å². The zero-order valence-electron chi connectivity index (χ0n) is 25.3. The first kappa shape index (κ1) is 31.0. The molecule has 5 aromatic rings. The van der Waals surface area contributed by atoms with Crippen LogP contribution >= 0.6 is 0 Å². The molecule has 0 saturated carbocycles. The number of hydrogen-bond donors (Lipinski definition) is 0. The van der Waals surface area contributed by atoms with Crippen LogP contribution in [0.1, 0.15) is 51.7 Å². The maximum atomic E-state index is 6.15. The van der Waals surface area contributed by atoms with Crippen molar-refractivity contribution in [3.05, 3.63) is 121 Å². The number of hydrogen-bond acceptors (Lipinski definition) is 3.